The summed E-state index contributed by atoms with van der Waals surface area (Å²) in [4.78, 5) is 0. The average Bonchev–Trinajstić information content (AvgIpc) is 2.09. The summed E-state index contributed by atoms with van der Waals surface area (Å²) in [5, 5.41) is 9.27. The predicted molar refractivity (Wildman–Crippen MR) is 57.4 cm³/mol. The second kappa shape index (κ2) is 4.38. The molecule has 14 heavy (non-hydrogen) atoms. The van der Waals surface area contributed by atoms with Gasteiger partial charge in [0.1, 0.15) is 5.82 Å². The van der Waals surface area contributed by atoms with Crippen LogP contribution in [0.1, 0.15) is 24.1 Å². The number of hydrogen-bond acceptors (Lipinski definition) is 2. The lowest BCUT2D eigenvalue weighted by molar-refractivity contribution is 0.162. The summed E-state index contributed by atoms with van der Waals surface area (Å²) in [5.41, 5.74) is 6.52. The normalized spacial score (nSPS) is 15.3. The third-order valence-electron chi connectivity index (χ3n) is 2.13. The van der Waals surface area contributed by atoms with Gasteiger partial charge in [-0.15, -0.1) is 0 Å². The molecule has 3 N–H and O–H groups in total. The molecule has 1 rings (SSSR count). The molecule has 0 unspecified atom stereocenters. The topological polar surface area (TPSA) is 46.2 Å². The second-order valence-electron chi connectivity index (χ2n) is 3.39. The highest BCUT2D eigenvalue weighted by Gasteiger charge is 2.18. The Balaban J connectivity index is 3.20. The summed E-state index contributed by atoms with van der Waals surface area (Å²) >= 11 is 3.26. The first-order valence-electron chi connectivity index (χ1n) is 4.32. The van der Waals surface area contributed by atoms with Crippen molar-refractivity contribution in [2.75, 3.05) is 0 Å². The Kier molecular flexibility index (Phi) is 3.64. The Labute approximate surface area is 91.1 Å². The van der Waals surface area contributed by atoms with Gasteiger partial charge in [-0.25, -0.2) is 4.39 Å². The van der Waals surface area contributed by atoms with Crippen molar-refractivity contribution in [3.05, 3.63) is 33.5 Å². The predicted octanol–water partition coefficient (Wildman–Crippen LogP) is 2.28. The van der Waals surface area contributed by atoms with Crippen LogP contribution in [0.3, 0.4) is 0 Å². The Morgan fingerprint density at radius 2 is 2.07 bits per heavy atom. The largest absolute Gasteiger partial charge is 0.391 e. The molecule has 1 aromatic rings. The molecule has 2 atom stereocenters. The van der Waals surface area contributed by atoms with Crippen molar-refractivity contribution in [3.8, 4) is 0 Å². The number of rotatable bonds is 2. The molecule has 78 valence electrons. The first-order valence-corrected chi connectivity index (χ1v) is 5.12. The molecule has 0 saturated carbocycles. The first-order chi connectivity index (χ1) is 6.43. The van der Waals surface area contributed by atoms with Gasteiger partial charge >= 0.3 is 0 Å². The van der Waals surface area contributed by atoms with E-state index in [0.29, 0.717) is 11.1 Å². The van der Waals surface area contributed by atoms with Gasteiger partial charge in [0.15, 0.2) is 0 Å². The van der Waals surface area contributed by atoms with Gasteiger partial charge < -0.3 is 10.8 Å². The van der Waals surface area contributed by atoms with Gasteiger partial charge in [-0.3, -0.25) is 0 Å². The summed E-state index contributed by atoms with van der Waals surface area (Å²) in [6.45, 7) is 3.21. The third-order valence-corrected chi connectivity index (χ3v) is 2.58. The lowest BCUT2D eigenvalue weighted by Gasteiger charge is -2.17. The van der Waals surface area contributed by atoms with Crippen LogP contribution >= 0.6 is 15.9 Å². The van der Waals surface area contributed by atoms with Gasteiger partial charge in [0.2, 0.25) is 0 Å². The number of benzene rings is 1. The van der Waals surface area contributed by atoms with Crippen molar-refractivity contribution < 1.29 is 9.50 Å². The zero-order valence-corrected chi connectivity index (χ0v) is 9.68. The van der Waals surface area contributed by atoms with E-state index in [1.807, 2.05) is 0 Å². The average molecular weight is 262 g/mol. The van der Waals surface area contributed by atoms with E-state index < -0.39 is 12.1 Å². The molecule has 0 aromatic heterocycles. The van der Waals surface area contributed by atoms with E-state index in [4.69, 9.17) is 5.73 Å². The molecule has 1 aromatic carbocycles. The SMILES string of the molecule is Cc1cc(Br)cc([C@@H](N)[C@H](C)O)c1F. The van der Waals surface area contributed by atoms with Crippen molar-refractivity contribution in [1.29, 1.82) is 0 Å². The van der Waals surface area contributed by atoms with Crippen LogP contribution in [0.25, 0.3) is 0 Å². The maximum Gasteiger partial charge on any atom is 0.131 e. The highest BCUT2D eigenvalue weighted by molar-refractivity contribution is 9.10. The lowest BCUT2D eigenvalue weighted by atomic mass is 10.0. The van der Waals surface area contributed by atoms with Crippen LogP contribution in [0, 0.1) is 12.7 Å². The summed E-state index contributed by atoms with van der Waals surface area (Å²) in [7, 11) is 0. The molecular formula is C10H13BrFNO. The number of aliphatic hydroxyl groups excluding tert-OH is 1. The Morgan fingerprint density at radius 1 is 1.50 bits per heavy atom. The van der Waals surface area contributed by atoms with Crippen LogP contribution in [0.2, 0.25) is 0 Å². The number of aryl methyl sites for hydroxylation is 1. The van der Waals surface area contributed by atoms with Gasteiger partial charge in [0, 0.05) is 10.0 Å². The minimum Gasteiger partial charge on any atom is -0.391 e. The van der Waals surface area contributed by atoms with E-state index in [1.54, 1.807) is 26.0 Å². The highest BCUT2D eigenvalue weighted by Crippen LogP contribution is 2.25. The Hall–Kier alpha value is -0.450. The molecule has 0 aliphatic heterocycles. The van der Waals surface area contributed by atoms with Gasteiger partial charge in [0.25, 0.3) is 0 Å². The van der Waals surface area contributed by atoms with E-state index in [0.717, 1.165) is 4.47 Å². The number of hydrogen-bond donors (Lipinski definition) is 2. The Bertz CT molecular complexity index is 341. The van der Waals surface area contributed by atoms with E-state index in [2.05, 4.69) is 15.9 Å². The van der Waals surface area contributed by atoms with Crippen LogP contribution in [0.15, 0.2) is 16.6 Å². The molecule has 0 amide bonds. The molecule has 0 spiro atoms. The fourth-order valence-electron chi connectivity index (χ4n) is 1.25. The molecule has 0 aliphatic carbocycles. The fourth-order valence-corrected chi connectivity index (χ4v) is 1.84. The Morgan fingerprint density at radius 3 is 2.57 bits per heavy atom. The summed E-state index contributed by atoms with van der Waals surface area (Å²) in [6, 6.07) is 2.58. The monoisotopic (exact) mass is 261 g/mol. The van der Waals surface area contributed by atoms with Crippen molar-refractivity contribution in [2.24, 2.45) is 5.73 Å². The lowest BCUT2D eigenvalue weighted by Crippen LogP contribution is -2.24. The van der Waals surface area contributed by atoms with E-state index in [9.17, 15) is 9.50 Å². The number of aliphatic hydroxyl groups is 1. The zero-order valence-electron chi connectivity index (χ0n) is 8.09. The third kappa shape index (κ3) is 2.32. The van der Waals surface area contributed by atoms with Gasteiger partial charge in [-0.2, -0.15) is 0 Å². The molecule has 0 aliphatic rings. The maximum atomic E-state index is 13.6. The minimum atomic E-state index is -0.766. The van der Waals surface area contributed by atoms with E-state index >= 15 is 0 Å². The molecular weight excluding hydrogens is 249 g/mol. The summed E-state index contributed by atoms with van der Waals surface area (Å²) in [5.74, 6) is -0.346. The highest BCUT2D eigenvalue weighted by atomic mass is 79.9. The molecule has 2 nitrogen and oxygen atoms in total. The molecule has 0 heterocycles. The first kappa shape index (κ1) is 11.6. The van der Waals surface area contributed by atoms with Crippen molar-refractivity contribution in [2.45, 2.75) is 26.0 Å². The van der Waals surface area contributed by atoms with E-state index in [-0.39, 0.29) is 5.82 Å². The number of nitrogens with two attached hydrogens (primary N) is 1. The molecule has 4 heteroatoms. The molecule has 0 fully saturated rings. The van der Waals surface area contributed by atoms with E-state index in [1.165, 1.54) is 0 Å². The smallest absolute Gasteiger partial charge is 0.131 e. The van der Waals surface area contributed by atoms with Crippen LogP contribution in [0.4, 0.5) is 4.39 Å². The standard InChI is InChI=1S/C10H13BrFNO/c1-5-3-7(11)4-8(9(5)12)10(13)6(2)14/h3-4,6,10,14H,13H2,1-2H3/t6-,10-/m0/s1. The minimum absolute atomic E-state index is 0.340. The van der Waals surface area contributed by atoms with Gasteiger partial charge in [-0.1, -0.05) is 15.9 Å². The summed E-state index contributed by atoms with van der Waals surface area (Å²) < 4.78 is 14.3. The van der Waals surface area contributed by atoms with Crippen LogP contribution in [-0.4, -0.2) is 11.2 Å². The van der Waals surface area contributed by atoms with Gasteiger partial charge in [-0.05, 0) is 31.5 Å². The van der Waals surface area contributed by atoms with Crippen molar-refractivity contribution >= 4 is 15.9 Å². The fraction of sp³-hybridized carbons (Fsp3) is 0.400. The maximum absolute atomic E-state index is 13.6. The molecule has 0 saturated heterocycles. The molecule has 0 radical (unpaired) electrons. The second-order valence-corrected chi connectivity index (χ2v) is 4.31. The number of halogens is 2. The quantitative estimate of drug-likeness (QED) is 0.858. The summed E-state index contributed by atoms with van der Waals surface area (Å²) in [6.07, 6.45) is -0.766. The van der Waals surface area contributed by atoms with Crippen molar-refractivity contribution in [3.63, 3.8) is 0 Å². The van der Waals surface area contributed by atoms with Crippen LogP contribution in [-0.2, 0) is 0 Å². The van der Waals surface area contributed by atoms with Crippen LogP contribution in [0.5, 0.6) is 0 Å². The van der Waals surface area contributed by atoms with Gasteiger partial charge in [0.05, 0.1) is 12.1 Å². The zero-order chi connectivity index (χ0) is 10.9. The van der Waals surface area contributed by atoms with Crippen LogP contribution < -0.4 is 5.73 Å². The van der Waals surface area contributed by atoms with Crippen molar-refractivity contribution in [1.82, 2.24) is 0 Å². The molecule has 0 bridgehead atoms.